The van der Waals surface area contributed by atoms with E-state index >= 15 is 0 Å². The zero-order valence-electron chi connectivity index (χ0n) is 19.6. The Kier molecular flexibility index (Phi) is 7.67. The number of furan rings is 1. The number of carbonyl (C=O) groups excluding carboxylic acids is 1. The molecule has 3 aromatic rings. The lowest BCUT2D eigenvalue weighted by Gasteiger charge is -2.23. The van der Waals surface area contributed by atoms with Gasteiger partial charge in [0.15, 0.2) is 9.84 Å². The van der Waals surface area contributed by atoms with Crippen molar-refractivity contribution in [3.8, 4) is 16.9 Å². The molecular formula is C25H27NO8S. The number of carboxylic acids is 1. The maximum absolute atomic E-state index is 13.0. The second kappa shape index (κ2) is 10.3. The van der Waals surface area contributed by atoms with Crippen LogP contribution in [0.25, 0.3) is 11.1 Å². The molecule has 0 aliphatic heterocycles. The lowest BCUT2D eigenvalue weighted by Crippen LogP contribution is -2.41. The largest absolute Gasteiger partial charge is 0.490 e. The van der Waals surface area contributed by atoms with Gasteiger partial charge in [-0.15, -0.1) is 0 Å². The Morgan fingerprint density at radius 1 is 1.09 bits per heavy atom. The van der Waals surface area contributed by atoms with Crippen LogP contribution in [0, 0.1) is 0 Å². The van der Waals surface area contributed by atoms with Gasteiger partial charge in [-0.2, -0.15) is 0 Å². The van der Waals surface area contributed by atoms with E-state index in [1.807, 2.05) is 0 Å². The Morgan fingerprint density at radius 3 is 2.34 bits per heavy atom. The van der Waals surface area contributed by atoms with Crippen LogP contribution >= 0.6 is 0 Å². The number of esters is 1. The normalized spacial score (nSPS) is 12.7. The van der Waals surface area contributed by atoms with Crippen LogP contribution < -0.4 is 10.5 Å². The lowest BCUT2D eigenvalue weighted by atomic mass is 9.99. The summed E-state index contributed by atoms with van der Waals surface area (Å²) in [7, 11) is -3.85. The fourth-order valence-electron chi connectivity index (χ4n) is 3.31. The summed E-state index contributed by atoms with van der Waals surface area (Å²) in [5.74, 6) is -2.81. The number of rotatable bonds is 9. The summed E-state index contributed by atoms with van der Waals surface area (Å²) in [6.45, 7) is 4.67. The Balaban J connectivity index is 2.03. The summed E-state index contributed by atoms with van der Waals surface area (Å²) in [5.41, 5.74) is 5.67. The quantitative estimate of drug-likeness (QED) is 0.419. The van der Waals surface area contributed by atoms with E-state index in [-0.39, 0.29) is 21.8 Å². The number of ether oxygens (including phenoxy) is 2. The van der Waals surface area contributed by atoms with Crippen LogP contribution in [0.5, 0.6) is 5.75 Å². The predicted octanol–water partition coefficient (Wildman–Crippen LogP) is 3.67. The number of hydrogen-bond acceptors (Lipinski definition) is 8. The highest BCUT2D eigenvalue weighted by molar-refractivity contribution is 7.90. The molecule has 2 aromatic carbocycles. The van der Waals surface area contributed by atoms with Crippen molar-refractivity contribution in [3.05, 3.63) is 72.2 Å². The van der Waals surface area contributed by atoms with Crippen LogP contribution in [0.3, 0.4) is 0 Å². The molecule has 0 amide bonds. The van der Waals surface area contributed by atoms with Crippen molar-refractivity contribution in [2.45, 2.75) is 43.1 Å². The Hall–Kier alpha value is -3.63. The summed E-state index contributed by atoms with van der Waals surface area (Å²) in [4.78, 5) is 24.7. The smallest absolute Gasteiger partial charge is 0.339 e. The van der Waals surface area contributed by atoms with E-state index in [1.54, 1.807) is 51.1 Å². The summed E-state index contributed by atoms with van der Waals surface area (Å²) in [6.07, 6.45) is 2.79. The highest BCUT2D eigenvalue weighted by atomic mass is 32.2. The molecule has 0 saturated heterocycles. The fourth-order valence-corrected chi connectivity index (χ4v) is 4.70. The minimum atomic E-state index is -3.85. The maximum atomic E-state index is 13.0. The zero-order valence-corrected chi connectivity index (χ0v) is 20.4. The monoisotopic (exact) mass is 501 g/mol. The van der Waals surface area contributed by atoms with Crippen LogP contribution in [-0.4, -0.2) is 43.7 Å². The van der Waals surface area contributed by atoms with E-state index in [2.05, 4.69) is 0 Å². The minimum Gasteiger partial charge on any atom is -0.490 e. The SMILES string of the molecule is CC(C)(C)OC(=O)C(N)COc1c(-c2ccoc2)ccc(CS(=O)(=O)c2ccccc2)c1C(=O)O. The highest BCUT2D eigenvalue weighted by Gasteiger charge is 2.28. The van der Waals surface area contributed by atoms with Gasteiger partial charge >= 0.3 is 11.9 Å². The van der Waals surface area contributed by atoms with Crippen molar-refractivity contribution in [2.24, 2.45) is 5.73 Å². The van der Waals surface area contributed by atoms with Gasteiger partial charge in [0.05, 0.1) is 23.2 Å². The van der Waals surface area contributed by atoms with Crippen LogP contribution in [0.4, 0.5) is 0 Å². The molecule has 0 spiro atoms. The third-order valence-corrected chi connectivity index (χ3v) is 6.54. The van der Waals surface area contributed by atoms with Gasteiger partial charge in [-0.3, -0.25) is 4.79 Å². The molecule has 3 rings (SSSR count). The average Bonchev–Trinajstić information content (AvgIpc) is 3.31. The number of aromatic carboxylic acids is 1. The minimum absolute atomic E-state index is 0.0226. The molecule has 1 heterocycles. The molecular weight excluding hydrogens is 474 g/mol. The zero-order chi connectivity index (χ0) is 25.8. The molecule has 0 saturated carbocycles. The topological polar surface area (TPSA) is 146 Å². The van der Waals surface area contributed by atoms with E-state index in [0.717, 1.165) is 0 Å². The number of sulfone groups is 1. The number of nitrogens with two attached hydrogens (primary N) is 1. The van der Waals surface area contributed by atoms with Gasteiger partial charge in [-0.1, -0.05) is 30.3 Å². The summed E-state index contributed by atoms with van der Waals surface area (Å²) in [5, 5.41) is 10.0. The van der Waals surface area contributed by atoms with Crippen molar-refractivity contribution < 1.29 is 37.0 Å². The molecule has 1 atom stereocenters. The number of carbonyl (C=O) groups is 2. The van der Waals surface area contributed by atoms with Gasteiger partial charge in [0.1, 0.15) is 29.6 Å². The third kappa shape index (κ3) is 6.49. The van der Waals surface area contributed by atoms with Crippen molar-refractivity contribution >= 4 is 21.8 Å². The first-order valence-electron chi connectivity index (χ1n) is 10.7. The molecule has 0 fully saturated rings. The lowest BCUT2D eigenvalue weighted by molar-refractivity contribution is -0.157. The van der Waals surface area contributed by atoms with Crippen molar-refractivity contribution in [3.63, 3.8) is 0 Å². The highest BCUT2D eigenvalue weighted by Crippen LogP contribution is 2.37. The molecule has 0 aliphatic carbocycles. The van der Waals surface area contributed by atoms with Gasteiger partial charge in [0.25, 0.3) is 0 Å². The number of carboxylic acid groups (broad SMARTS) is 1. The Morgan fingerprint density at radius 2 is 1.77 bits per heavy atom. The summed E-state index contributed by atoms with van der Waals surface area (Å²) >= 11 is 0. The molecule has 186 valence electrons. The summed E-state index contributed by atoms with van der Waals surface area (Å²) < 4.78 is 42.1. The first kappa shape index (κ1) is 26.0. The van der Waals surface area contributed by atoms with Crippen LogP contribution in [0.15, 0.2) is 70.4 Å². The second-order valence-corrected chi connectivity index (χ2v) is 10.8. The van der Waals surface area contributed by atoms with E-state index < -0.39 is 45.8 Å². The second-order valence-electron chi connectivity index (χ2n) is 8.82. The first-order valence-corrected chi connectivity index (χ1v) is 12.3. The molecule has 3 N–H and O–H groups in total. The molecule has 0 bridgehead atoms. The van der Waals surface area contributed by atoms with Crippen molar-refractivity contribution in [2.75, 3.05) is 6.61 Å². The molecule has 10 heteroatoms. The van der Waals surface area contributed by atoms with E-state index in [9.17, 15) is 23.1 Å². The van der Waals surface area contributed by atoms with Crippen LogP contribution in [0.1, 0.15) is 36.7 Å². The standard InChI is InChI=1S/C25H27NO8S/c1-25(2,3)34-24(29)20(26)14-33-22-19(16-11-12-32-13-16)10-9-17(21(22)23(27)28)15-35(30,31)18-7-5-4-6-8-18/h4-13,20H,14-15,26H2,1-3H3,(H,27,28). The van der Waals surface area contributed by atoms with Crippen LogP contribution in [0.2, 0.25) is 0 Å². The Bertz CT molecular complexity index is 1290. The van der Waals surface area contributed by atoms with Gasteiger partial charge in [0.2, 0.25) is 0 Å². The summed E-state index contributed by atoms with van der Waals surface area (Å²) in [6, 6.07) is 11.1. The fraction of sp³-hybridized carbons (Fsp3) is 0.280. The van der Waals surface area contributed by atoms with E-state index in [1.165, 1.54) is 30.7 Å². The van der Waals surface area contributed by atoms with Gasteiger partial charge < -0.3 is 24.7 Å². The number of benzene rings is 2. The molecule has 0 aliphatic rings. The molecule has 35 heavy (non-hydrogen) atoms. The van der Waals surface area contributed by atoms with Crippen molar-refractivity contribution in [1.82, 2.24) is 0 Å². The third-order valence-electron chi connectivity index (χ3n) is 4.85. The van der Waals surface area contributed by atoms with Crippen LogP contribution in [-0.2, 0) is 25.1 Å². The molecule has 1 aromatic heterocycles. The molecule has 9 nitrogen and oxygen atoms in total. The predicted molar refractivity (Wildman–Crippen MR) is 128 cm³/mol. The van der Waals surface area contributed by atoms with E-state index in [0.29, 0.717) is 11.1 Å². The van der Waals surface area contributed by atoms with Gasteiger partial charge in [-0.05, 0) is 44.5 Å². The number of hydrogen-bond donors (Lipinski definition) is 2. The van der Waals surface area contributed by atoms with Gasteiger partial charge in [-0.25, -0.2) is 13.2 Å². The van der Waals surface area contributed by atoms with Crippen molar-refractivity contribution in [1.29, 1.82) is 0 Å². The maximum Gasteiger partial charge on any atom is 0.339 e. The molecule has 1 unspecified atom stereocenters. The Labute approximate surface area is 203 Å². The van der Waals surface area contributed by atoms with E-state index in [4.69, 9.17) is 19.6 Å². The van der Waals surface area contributed by atoms with Gasteiger partial charge in [0, 0.05) is 11.1 Å². The average molecular weight is 502 g/mol. The molecule has 0 radical (unpaired) electrons. The first-order chi connectivity index (χ1) is 16.4.